The zero-order valence-corrected chi connectivity index (χ0v) is 18.8. The van der Waals surface area contributed by atoms with Gasteiger partial charge in [-0.15, -0.1) is 0 Å². The molecule has 2 aromatic rings. The van der Waals surface area contributed by atoms with Gasteiger partial charge in [-0.05, 0) is 100 Å². The van der Waals surface area contributed by atoms with Crippen LogP contribution in [-0.2, 0) is 12.8 Å². The highest BCUT2D eigenvalue weighted by molar-refractivity contribution is 5.35. The lowest BCUT2D eigenvalue weighted by atomic mass is 9.88. The number of nitrogens with zero attached hydrogens (tertiary/aromatic N) is 1. The lowest BCUT2D eigenvalue weighted by Gasteiger charge is -2.34. The van der Waals surface area contributed by atoms with E-state index in [1.165, 1.54) is 49.0 Å². The lowest BCUT2D eigenvalue weighted by molar-refractivity contribution is 0.0843. The van der Waals surface area contributed by atoms with E-state index < -0.39 is 0 Å². The SMILES string of the molecule is CC(C)N1CCC(Oc2ccc(Cc3ccccc3CC3CCNCC3)cc2)CC1. The molecule has 0 atom stereocenters. The van der Waals surface area contributed by atoms with E-state index in [-0.39, 0.29) is 0 Å². The number of nitrogens with one attached hydrogen (secondary N) is 1. The first kappa shape index (κ1) is 21.4. The molecule has 2 aliphatic heterocycles. The zero-order valence-electron chi connectivity index (χ0n) is 18.8. The molecular formula is C27H38N2O. The Balaban J connectivity index is 1.33. The second kappa shape index (κ2) is 10.5. The highest BCUT2D eigenvalue weighted by Gasteiger charge is 2.22. The molecular weight excluding hydrogens is 368 g/mol. The van der Waals surface area contributed by atoms with Gasteiger partial charge in [-0.1, -0.05) is 36.4 Å². The number of ether oxygens (including phenoxy) is 1. The van der Waals surface area contributed by atoms with Gasteiger partial charge in [0.2, 0.25) is 0 Å². The summed E-state index contributed by atoms with van der Waals surface area (Å²) in [6.07, 6.45) is 7.44. The zero-order chi connectivity index (χ0) is 20.8. The summed E-state index contributed by atoms with van der Waals surface area (Å²) in [5.74, 6) is 1.84. The Kier molecular flexibility index (Phi) is 7.46. The van der Waals surface area contributed by atoms with E-state index >= 15 is 0 Å². The first-order valence-electron chi connectivity index (χ1n) is 11.9. The Morgan fingerprint density at radius 3 is 2.23 bits per heavy atom. The molecule has 0 aliphatic carbocycles. The summed E-state index contributed by atoms with van der Waals surface area (Å²) >= 11 is 0. The molecule has 4 rings (SSSR count). The molecule has 0 radical (unpaired) electrons. The Bertz CT molecular complexity index is 772. The van der Waals surface area contributed by atoms with Crippen LogP contribution in [0.3, 0.4) is 0 Å². The van der Waals surface area contributed by atoms with Crippen molar-refractivity contribution in [3.63, 3.8) is 0 Å². The second-order valence-electron chi connectivity index (χ2n) is 9.43. The summed E-state index contributed by atoms with van der Waals surface area (Å²) in [5.41, 5.74) is 4.38. The summed E-state index contributed by atoms with van der Waals surface area (Å²) in [6.45, 7) is 9.20. The van der Waals surface area contributed by atoms with Crippen LogP contribution in [0.4, 0.5) is 0 Å². The van der Waals surface area contributed by atoms with E-state index in [0.717, 1.165) is 44.0 Å². The molecule has 30 heavy (non-hydrogen) atoms. The van der Waals surface area contributed by atoms with Crippen molar-refractivity contribution in [1.29, 1.82) is 0 Å². The minimum Gasteiger partial charge on any atom is -0.490 e. The van der Waals surface area contributed by atoms with Crippen molar-refractivity contribution in [1.82, 2.24) is 10.2 Å². The van der Waals surface area contributed by atoms with Crippen molar-refractivity contribution in [2.45, 2.75) is 64.5 Å². The average molecular weight is 407 g/mol. The molecule has 3 heteroatoms. The van der Waals surface area contributed by atoms with E-state index in [0.29, 0.717) is 12.1 Å². The summed E-state index contributed by atoms with van der Waals surface area (Å²) in [7, 11) is 0. The summed E-state index contributed by atoms with van der Waals surface area (Å²) in [5, 5.41) is 3.48. The molecule has 0 bridgehead atoms. The Labute approximate surface area is 182 Å². The van der Waals surface area contributed by atoms with Crippen molar-refractivity contribution < 1.29 is 4.74 Å². The Morgan fingerprint density at radius 1 is 0.900 bits per heavy atom. The Morgan fingerprint density at radius 2 is 1.57 bits per heavy atom. The number of hydrogen-bond acceptors (Lipinski definition) is 3. The molecule has 0 amide bonds. The smallest absolute Gasteiger partial charge is 0.119 e. The quantitative estimate of drug-likeness (QED) is 0.695. The molecule has 2 fully saturated rings. The van der Waals surface area contributed by atoms with Gasteiger partial charge >= 0.3 is 0 Å². The van der Waals surface area contributed by atoms with Gasteiger partial charge in [0.05, 0.1) is 0 Å². The fraction of sp³-hybridized carbons (Fsp3) is 0.556. The van der Waals surface area contributed by atoms with Crippen molar-refractivity contribution >= 4 is 0 Å². The van der Waals surface area contributed by atoms with Crippen LogP contribution in [0.25, 0.3) is 0 Å². The Hall–Kier alpha value is -1.84. The number of rotatable bonds is 7. The van der Waals surface area contributed by atoms with Crippen LogP contribution < -0.4 is 10.1 Å². The van der Waals surface area contributed by atoms with E-state index in [2.05, 4.69) is 72.6 Å². The highest BCUT2D eigenvalue weighted by Crippen LogP contribution is 2.24. The summed E-state index contributed by atoms with van der Waals surface area (Å²) in [6, 6.07) is 18.5. The van der Waals surface area contributed by atoms with Crippen LogP contribution in [0.1, 0.15) is 56.2 Å². The molecule has 2 heterocycles. The van der Waals surface area contributed by atoms with Crippen molar-refractivity contribution in [3.05, 3.63) is 65.2 Å². The van der Waals surface area contributed by atoms with Crippen molar-refractivity contribution in [2.24, 2.45) is 5.92 Å². The third-order valence-corrected chi connectivity index (χ3v) is 6.91. The van der Waals surface area contributed by atoms with Gasteiger partial charge in [0.15, 0.2) is 0 Å². The van der Waals surface area contributed by atoms with Crippen LogP contribution in [0, 0.1) is 5.92 Å². The summed E-state index contributed by atoms with van der Waals surface area (Å²) in [4.78, 5) is 2.55. The molecule has 0 aromatic heterocycles. The molecule has 0 spiro atoms. The van der Waals surface area contributed by atoms with Crippen LogP contribution >= 0.6 is 0 Å². The molecule has 2 aromatic carbocycles. The van der Waals surface area contributed by atoms with Crippen molar-refractivity contribution in [2.75, 3.05) is 26.2 Å². The predicted octanol–water partition coefficient (Wildman–Crippen LogP) is 5.07. The normalized spacial score (nSPS) is 19.3. The molecule has 0 unspecified atom stereocenters. The monoisotopic (exact) mass is 406 g/mol. The minimum absolute atomic E-state index is 0.358. The summed E-state index contributed by atoms with van der Waals surface area (Å²) < 4.78 is 6.28. The molecule has 0 saturated carbocycles. The fourth-order valence-corrected chi connectivity index (χ4v) is 4.93. The predicted molar refractivity (Wildman–Crippen MR) is 125 cm³/mol. The first-order valence-corrected chi connectivity index (χ1v) is 11.9. The second-order valence-corrected chi connectivity index (χ2v) is 9.43. The van der Waals surface area contributed by atoms with Crippen LogP contribution in [0.5, 0.6) is 5.75 Å². The van der Waals surface area contributed by atoms with Gasteiger partial charge in [0.1, 0.15) is 11.9 Å². The van der Waals surface area contributed by atoms with Gasteiger partial charge in [-0.25, -0.2) is 0 Å². The average Bonchev–Trinajstić information content (AvgIpc) is 2.77. The number of benzene rings is 2. The van der Waals surface area contributed by atoms with Gasteiger partial charge in [-0.2, -0.15) is 0 Å². The maximum absolute atomic E-state index is 6.28. The van der Waals surface area contributed by atoms with Gasteiger partial charge < -0.3 is 15.0 Å². The largest absolute Gasteiger partial charge is 0.490 e. The number of piperidine rings is 2. The van der Waals surface area contributed by atoms with Gasteiger partial charge in [-0.3, -0.25) is 0 Å². The highest BCUT2D eigenvalue weighted by atomic mass is 16.5. The molecule has 1 N–H and O–H groups in total. The van der Waals surface area contributed by atoms with E-state index in [1.807, 2.05) is 0 Å². The lowest BCUT2D eigenvalue weighted by Crippen LogP contribution is -2.41. The van der Waals surface area contributed by atoms with Crippen molar-refractivity contribution in [3.8, 4) is 5.75 Å². The minimum atomic E-state index is 0.358. The molecule has 3 nitrogen and oxygen atoms in total. The third kappa shape index (κ3) is 5.86. The number of hydrogen-bond donors (Lipinski definition) is 1. The van der Waals surface area contributed by atoms with E-state index in [4.69, 9.17) is 4.74 Å². The van der Waals surface area contributed by atoms with Crippen LogP contribution in [0.15, 0.2) is 48.5 Å². The van der Waals surface area contributed by atoms with Gasteiger partial charge in [0.25, 0.3) is 0 Å². The molecule has 2 aliphatic rings. The van der Waals surface area contributed by atoms with E-state index in [9.17, 15) is 0 Å². The maximum atomic E-state index is 6.28. The third-order valence-electron chi connectivity index (χ3n) is 6.91. The topological polar surface area (TPSA) is 24.5 Å². The molecule has 2 saturated heterocycles. The van der Waals surface area contributed by atoms with Crippen LogP contribution in [-0.4, -0.2) is 43.2 Å². The first-order chi connectivity index (χ1) is 14.7. The fourth-order valence-electron chi connectivity index (χ4n) is 4.93. The standard InChI is InChI=1S/C27H38N2O/c1-21(2)29-17-13-27(14-18-29)30-26-9-7-22(8-10-26)19-24-5-3-4-6-25(24)20-23-11-15-28-16-12-23/h3-10,21,23,27-28H,11-20H2,1-2H3. The van der Waals surface area contributed by atoms with Crippen LogP contribution in [0.2, 0.25) is 0 Å². The van der Waals surface area contributed by atoms with E-state index in [1.54, 1.807) is 0 Å². The molecule has 162 valence electrons. The number of likely N-dealkylation sites (tertiary alicyclic amines) is 1. The maximum Gasteiger partial charge on any atom is 0.119 e. The van der Waals surface area contributed by atoms with Gasteiger partial charge in [0, 0.05) is 19.1 Å².